The van der Waals surface area contributed by atoms with Crippen LogP contribution in [0, 0.1) is 6.92 Å². The molecule has 0 aliphatic rings. The van der Waals surface area contributed by atoms with Gasteiger partial charge >= 0.3 is 0 Å². The lowest BCUT2D eigenvalue weighted by Crippen LogP contribution is -2.32. The number of nitrogens with zero attached hydrogens (tertiary/aromatic N) is 1. The fraction of sp³-hybridized carbons (Fsp3) is 0.545. The second-order valence-corrected chi connectivity index (χ2v) is 4.24. The van der Waals surface area contributed by atoms with Gasteiger partial charge in [-0.2, -0.15) is 0 Å². The maximum absolute atomic E-state index is 5.68. The maximum atomic E-state index is 5.68. The molecule has 0 unspecified atom stereocenters. The second kappa shape index (κ2) is 4.49. The Morgan fingerprint density at radius 1 is 1.53 bits per heavy atom. The minimum atomic E-state index is -0.197. The number of nitrogen functional groups attached to an aromatic ring is 1. The van der Waals surface area contributed by atoms with Crippen molar-refractivity contribution in [2.45, 2.75) is 26.4 Å². The highest BCUT2D eigenvalue weighted by molar-refractivity contribution is 5.50. The molecular formula is C11H19N3O. The third kappa shape index (κ3) is 3.40. The topological polar surface area (TPSA) is 60.2 Å². The summed E-state index contributed by atoms with van der Waals surface area (Å²) in [7, 11) is 1.70. The van der Waals surface area contributed by atoms with Crippen LogP contribution in [0.5, 0.6) is 0 Å². The lowest BCUT2D eigenvalue weighted by molar-refractivity contribution is 0.0343. The molecule has 0 bridgehead atoms. The zero-order chi connectivity index (χ0) is 11.5. The quantitative estimate of drug-likeness (QED) is 0.794. The van der Waals surface area contributed by atoms with Crippen molar-refractivity contribution in [1.82, 2.24) is 4.98 Å². The molecule has 1 rings (SSSR count). The molecule has 1 aromatic heterocycles. The maximum Gasteiger partial charge on any atom is 0.126 e. The van der Waals surface area contributed by atoms with Crippen molar-refractivity contribution in [2.24, 2.45) is 0 Å². The van der Waals surface area contributed by atoms with Crippen molar-refractivity contribution in [3.63, 3.8) is 0 Å². The van der Waals surface area contributed by atoms with E-state index < -0.39 is 0 Å². The van der Waals surface area contributed by atoms with Crippen molar-refractivity contribution in [3.8, 4) is 0 Å². The fourth-order valence-corrected chi connectivity index (χ4v) is 1.04. The zero-order valence-electron chi connectivity index (χ0n) is 9.79. The number of nitrogens with one attached hydrogen (secondary N) is 1. The molecule has 0 atom stereocenters. The summed E-state index contributed by atoms with van der Waals surface area (Å²) in [6.07, 6.45) is 1.66. The normalized spacial score (nSPS) is 11.5. The number of rotatable bonds is 4. The van der Waals surface area contributed by atoms with Crippen LogP contribution in [0.2, 0.25) is 0 Å². The molecule has 0 saturated carbocycles. The van der Waals surface area contributed by atoms with Gasteiger partial charge in [0.1, 0.15) is 5.82 Å². The van der Waals surface area contributed by atoms with E-state index in [0.717, 1.165) is 11.4 Å². The Balaban J connectivity index is 2.62. The van der Waals surface area contributed by atoms with Gasteiger partial charge in [-0.1, -0.05) is 0 Å². The van der Waals surface area contributed by atoms with Gasteiger partial charge in [0.2, 0.25) is 0 Å². The Morgan fingerprint density at radius 3 is 2.73 bits per heavy atom. The van der Waals surface area contributed by atoms with E-state index in [1.54, 1.807) is 13.3 Å². The van der Waals surface area contributed by atoms with Crippen LogP contribution >= 0.6 is 0 Å². The summed E-state index contributed by atoms with van der Waals surface area (Å²) in [5.74, 6) is 0.826. The van der Waals surface area contributed by atoms with E-state index in [4.69, 9.17) is 10.5 Å². The van der Waals surface area contributed by atoms with Crippen LogP contribution in [0.3, 0.4) is 0 Å². The van der Waals surface area contributed by atoms with Crippen LogP contribution < -0.4 is 11.1 Å². The van der Waals surface area contributed by atoms with Crippen molar-refractivity contribution >= 4 is 11.5 Å². The zero-order valence-corrected chi connectivity index (χ0v) is 9.79. The molecule has 0 aromatic carbocycles. The second-order valence-electron chi connectivity index (χ2n) is 4.24. The molecule has 4 heteroatoms. The first-order chi connectivity index (χ1) is 6.94. The van der Waals surface area contributed by atoms with Gasteiger partial charge in [0, 0.05) is 13.7 Å². The van der Waals surface area contributed by atoms with Gasteiger partial charge in [-0.3, -0.25) is 0 Å². The fourth-order valence-electron chi connectivity index (χ4n) is 1.04. The number of pyridine rings is 1. The molecule has 0 spiro atoms. The number of hydrogen-bond acceptors (Lipinski definition) is 4. The van der Waals surface area contributed by atoms with Crippen molar-refractivity contribution in [1.29, 1.82) is 0 Å². The Morgan fingerprint density at radius 2 is 2.20 bits per heavy atom. The molecule has 3 N–H and O–H groups in total. The molecule has 4 nitrogen and oxygen atoms in total. The highest BCUT2D eigenvalue weighted by Crippen LogP contribution is 2.14. The Kier molecular flexibility index (Phi) is 3.52. The first-order valence-corrected chi connectivity index (χ1v) is 4.96. The smallest absolute Gasteiger partial charge is 0.126 e. The Labute approximate surface area is 90.8 Å². The average molecular weight is 209 g/mol. The van der Waals surface area contributed by atoms with Crippen LogP contribution in [0.1, 0.15) is 19.4 Å². The number of nitrogens with two attached hydrogens (primary N) is 1. The van der Waals surface area contributed by atoms with Gasteiger partial charge in [0.15, 0.2) is 0 Å². The van der Waals surface area contributed by atoms with Crippen molar-refractivity contribution in [2.75, 3.05) is 24.7 Å². The number of methoxy groups -OCH3 is 1. The van der Waals surface area contributed by atoms with Crippen molar-refractivity contribution in [3.05, 3.63) is 17.8 Å². The summed E-state index contributed by atoms with van der Waals surface area (Å²) >= 11 is 0. The Bertz CT molecular complexity index is 337. The van der Waals surface area contributed by atoms with Crippen LogP contribution in [-0.2, 0) is 4.74 Å². The van der Waals surface area contributed by atoms with E-state index in [1.807, 2.05) is 26.8 Å². The molecular weight excluding hydrogens is 190 g/mol. The SMILES string of the molecule is COC(C)(C)CNc1cc(C)c(N)cn1. The average Bonchev–Trinajstić information content (AvgIpc) is 2.20. The summed E-state index contributed by atoms with van der Waals surface area (Å²) < 4.78 is 5.30. The van der Waals surface area contributed by atoms with Gasteiger partial charge < -0.3 is 15.8 Å². The molecule has 1 aromatic rings. The third-order valence-electron chi connectivity index (χ3n) is 2.40. The molecule has 0 saturated heterocycles. The van der Waals surface area contributed by atoms with Gasteiger partial charge in [0.05, 0.1) is 17.5 Å². The molecule has 0 amide bonds. The predicted molar refractivity (Wildman–Crippen MR) is 63.0 cm³/mol. The summed E-state index contributed by atoms with van der Waals surface area (Å²) in [5, 5.41) is 3.21. The predicted octanol–water partition coefficient (Wildman–Crippen LogP) is 1.81. The van der Waals surface area contributed by atoms with Crippen LogP contribution in [0.15, 0.2) is 12.3 Å². The van der Waals surface area contributed by atoms with E-state index >= 15 is 0 Å². The largest absolute Gasteiger partial charge is 0.397 e. The minimum absolute atomic E-state index is 0.197. The highest BCUT2D eigenvalue weighted by Gasteiger charge is 2.15. The van der Waals surface area contributed by atoms with Crippen LogP contribution in [0.4, 0.5) is 11.5 Å². The molecule has 0 aliphatic carbocycles. The van der Waals surface area contributed by atoms with E-state index in [2.05, 4.69) is 10.3 Å². The molecule has 0 fully saturated rings. The van der Waals surface area contributed by atoms with Gasteiger partial charge in [-0.15, -0.1) is 0 Å². The number of aryl methyl sites for hydroxylation is 1. The van der Waals surface area contributed by atoms with Crippen LogP contribution in [-0.4, -0.2) is 24.2 Å². The first kappa shape index (κ1) is 11.8. The van der Waals surface area contributed by atoms with E-state index in [0.29, 0.717) is 12.2 Å². The summed E-state index contributed by atoms with van der Waals surface area (Å²) in [6, 6.07) is 1.93. The number of anilines is 2. The monoisotopic (exact) mass is 209 g/mol. The number of ether oxygens (including phenoxy) is 1. The summed E-state index contributed by atoms with van der Waals surface area (Å²) in [6.45, 7) is 6.71. The molecule has 15 heavy (non-hydrogen) atoms. The highest BCUT2D eigenvalue weighted by atomic mass is 16.5. The minimum Gasteiger partial charge on any atom is -0.397 e. The standard InChI is InChI=1S/C11H19N3O/c1-8-5-10(13-6-9(8)12)14-7-11(2,3)15-4/h5-6H,7,12H2,1-4H3,(H,13,14). The Hall–Kier alpha value is -1.29. The van der Waals surface area contributed by atoms with Crippen LogP contribution in [0.25, 0.3) is 0 Å². The number of hydrogen-bond donors (Lipinski definition) is 2. The molecule has 0 radical (unpaired) electrons. The van der Waals surface area contributed by atoms with E-state index in [-0.39, 0.29) is 5.60 Å². The first-order valence-electron chi connectivity index (χ1n) is 4.96. The molecule has 0 aliphatic heterocycles. The molecule has 1 heterocycles. The van der Waals surface area contributed by atoms with Gasteiger partial charge in [-0.05, 0) is 32.4 Å². The lowest BCUT2D eigenvalue weighted by atomic mass is 10.1. The third-order valence-corrected chi connectivity index (χ3v) is 2.40. The van der Waals surface area contributed by atoms with E-state index in [9.17, 15) is 0 Å². The van der Waals surface area contributed by atoms with E-state index in [1.165, 1.54) is 0 Å². The summed E-state index contributed by atoms with van der Waals surface area (Å²) in [4.78, 5) is 4.18. The number of aromatic nitrogens is 1. The molecule has 84 valence electrons. The van der Waals surface area contributed by atoms with Gasteiger partial charge in [0.25, 0.3) is 0 Å². The summed E-state index contributed by atoms with van der Waals surface area (Å²) in [5.41, 5.74) is 7.23. The lowest BCUT2D eigenvalue weighted by Gasteiger charge is -2.23. The van der Waals surface area contributed by atoms with Gasteiger partial charge in [-0.25, -0.2) is 4.98 Å². The van der Waals surface area contributed by atoms with Crippen molar-refractivity contribution < 1.29 is 4.74 Å².